The van der Waals surface area contributed by atoms with Crippen molar-refractivity contribution in [2.75, 3.05) is 0 Å². The number of hydrogen-bond donors (Lipinski definition) is 2. The molecule has 1 aliphatic carbocycles. The molecule has 3 nitrogen and oxygen atoms in total. The van der Waals surface area contributed by atoms with Crippen LogP contribution in [0.5, 0.6) is 0 Å². The second kappa shape index (κ2) is 4.12. The average Bonchev–Trinajstić information content (AvgIpc) is 2.43. The van der Waals surface area contributed by atoms with Gasteiger partial charge in [-0.1, -0.05) is 27.2 Å². The molecule has 0 spiro atoms. The van der Waals surface area contributed by atoms with Gasteiger partial charge in [-0.2, -0.15) is 0 Å². The highest BCUT2D eigenvalue weighted by Crippen LogP contribution is 2.46. The normalized spacial score (nSPS) is 31.5. The van der Waals surface area contributed by atoms with E-state index in [0.717, 1.165) is 25.7 Å². The maximum atomic E-state index is 11.8. The van der Waals surface area contributed by atoms with Crippen LogP contribution in [0.4, 0.5) is 0 Å². The van der Waals surface area contributed by atoms with Gasteiger partial charge in [-0.05, 0) is 31.6 Å². The molecule has 1 amide bonds. The first-order valence-corrected chi connectivity index (χ1v) is 5.93. The maximum Gasteiger partial charge on any atom is 0.238 e. The van der Waals surface area contributed by atoms with Crippen molar-refractivity contribution in [3.63, 3.8) is 0 Å². The molecule has 0 saturated heterocycles. The molecule has 0 aromatic rings. The highest BCUT2D eigenvalue weighted by Gasteiger charge is 2.53. The third-order valence-electron chi connectivity index (χ3n) is 4.03. The van der Waals surface area contributed by atoms with E-state index in [-0.39, 0.29) is 11.3 Å². The second-order valence-corrected chi connectivity index (χ2v) is 5.46. The summed E-state index contributed by atoms with van der Waals surface area (Å²) in [5, 5.41) is 3.46. The molecule has 2 atom stereocenters. The van der Waals surface area contributed by atoms with E-state index in [1.165, 1.54) is 0 Å². The maximum absolute atomic E-state index is 11.8. The van der Waals surface area contributed by atoms with Crippen molar-refractivity contribution in [1.29, 1.82) is 0 Å². The van der Waals surface area contributed by atoms with Gasteiger partial charge in [0.1, 0.15) is 5.54 Å². The van der Waals surface area contributed by atoms with Gasteiger partial charge >= 0.3 is 0 Å². The summed E-state index contributed by atoms with van der Waals surface area (Å²) in [6.07, 6.45) is 4.05. The number of nitrogens with two attached hydrogens (primary N) is 1. The Hall–Kier alpha value is -0.570. The molecular weight excluding hydrogens is 188 g/mol. The monoisotopic (exact) mass is 212 g/mol. The lowest BCUT2D eigenvalue weighted by Gasteiger charge is -2.41. The largest absolute Gasteiger partial charge is 0.368 e. The van der Waals surface area contributed by atoms with Crippen LogP contribution in [0.1, 0.15) is 53.4 Å². The van der Waals surface area contributed by atoms with E-state index in [4.69, 9.17) is 5.73 Å². The summed E-state index contributed by atoms with van der Waals surface area (Å²) < 4.78 is 0. The van der Waals surface area contributed by atoms with Crippen molar-refractivity contribution in [3.05, 3.63) is 0 Å². The van der Waals surface area contributed by atoms with E-state index in [1.807, 2.05) is 0 Å². The summed E-state index contributed by atoms with van der Waals surface area (Å²) in [7, 11) is 0. The number of carbonyl (C=O) groups is 1. The summed E-state index contributed by atoms with van der Waals surface area (Å²) in [5.74, 6) is -0.190. The van der Waals surface area contributed by atoms with Crippen LogP contribution in [0.3, 0.4) is 0 Å². The van der Waals surface area contributed by atoms with Gasteiger partial charge in [-0.3, -0.25) is 4.79 Å². The summed E-state index contributed by atoms with van der Waals surface area (Å²) in [6, 6.07) is 0.342. The molecule has 1 saturated carbocycles. The quantitative estimate of drug-likeness (QED) is 0.746. The molecule has 3 heteroatoms. The minimum Gasteiger partial charge on any atom is -0.368 e. The van der Waals surface area contributed by atoms with Gasteiger partial charge < -0.3 is 11.1 Å². The molecule has 0 aromatic heterocycles. The minimum atomic E-state index is -0.498. The van der Waals surface area contributed by atoms with Gasteiger partial charge in [0.2, 0.25) is 5.91 Å². The van der Waals surface area contributed by atoms with E-state index in [0.29, 0.717) is 6.04 Å². The topological polar surface area (TPSA) is 55.1 Å². The van der Waals surface area contributed by atoms with Crippen molar-refractivity contribution in [2.24, 2.45) is 11.1 Å². The Labute approximate surface area is 92.8 Å². The third-order valence-corrected chi connectivity index (χ3v) is 4.03. The standard InChI is InChI=1S/C12H24N2O/c1-5-9(2)14-12(10(13)15)8-6-7-11(12,3)4/h9,14H,5-8H2,1-4H3,(H2,13,15). The minimum absolute atomic E-state index is 0.0255. The van der Waals surface area contributed by atoms with Gasteiger partial charge in [-0.15, -0.1) is 0 Å². The van der Waals surface area contributed by atoms with Crippen molar-refractivity contribution >= 4 is 5.91 Å². The Morgan fingerprint density at radius 1 is 1.47 bits per heavy atom. The van der Waals surface area contributed by atoms with Crippen molar-refractivity contribution in [2.45, 2.75) is 65.0 Å². The van der Waals surface area contributed by atoms with E-state index >= 15 is 0 Å². The van der Waals surface area contributed by atoms with Crippen LogP contribution in [-0.4, -0.2) is 17.5 Å². The zero-order valence-electron chi connectivity index (χ0n) is 10.4. The predicted molar refractivity (Wildman–Crippen MR) is 62.4 cm³/mol. The Morgan fingerprint density at radius 3 is 2.40 bits per heavy atom. The summed E-state index contributed by atoms with van der Waals surface area (Å²) in [4.78, 5) is 11.8. The lowest BCUT2D eigenvalue weighted by Crippen LogP contribution is -2.63. The number of carbonyl (C=O) groups excluding carboxylic acids is 1. The molecule has 88 valence electrons. The predicted octanol–water partition coefficient (Wildman–Crippen LogP) is 1.81. The Bertz CT molecular complexity index is 250. The number of nitrogens with one attached hydrogen (secondary N) is 1. The fourth-order valence-corrected chi connectivity index (χ4v) is 2.67. The van der Waals surface area contributed by atoms with E-state index in [9.17, 15) is 4.79 Å². The molecule has 0 radical (unpaired) electrons. The molecule has 0 aromatic carbocycles. The smallest absolute Gasteiger partial charge is 0.238 e. The fraction of sp³-hybridized carbons (Fsp3) is 0.917. The number of primary amides is 1. The second-order valence-electron chi connectivity index (χ2n) is 5.46. The molecule has 1 aliphatic rings. The van der Waals surface area contributed by atoms with Gasteiger partial charge in [0.05, 0.1) is 0 Å². The highest BCUT2D eigenvalue weighted by atomic mass is 16.1. The van der Waals surface area contributed by atoms with Crippen LogP contribution in [0.15, 0.2) is 0 Å². The highest BCUT2D eigenvalue weighted by molar-refractivity contribution is 5.86. The molecule has 0 bridgehead atoms. The van der Waals surface area contributed by atoms with Gasteiger partial charge in [0.25, 0.3) is 0 Å². The molecule has 3 N–H and O–H groups in total. The zero-order chi connectivity index (χ0) is 11.7. The fourth-order valence-electron chi connectivity index (χ4n) is 2.67. The molecule has 0 heterocycles. The van der Waals surface area contributed by atoms with E-state index < -0.39 is 5.54 Å². The molecule has 1 rings (SSSR count). The first kappa shape index (κ1) is 12.5. The van der Waals surface area contributed by atoms with Gasteiger partial charge in [0, 0.05) is 6.04 Å². The van der Waals surface area contributed by atoms with Crippen LogP contribution >= 0.6 is 0 Å². The molecule has 2 unspecified atom stereocenters. The average molecular weight is 212 g/mol. The van der Waals surface area contributed by atoms with Gasteiger partial charge in [-0.25, -0.2) is 0 Å². The van der Waals surface area contributed by atoms with Crippen LogP contribution in [0.25, 0.3) is 0 Å². The molecule has 1 fully saturated rings. The first-order valence-electron chi connectivity index (χ1n) is 5.93. The van der Waals surface area contributed by atoms with E-state index in [2.05, 4.69) is 33.0 Å². The number of amides is 1. The van der Waals surface area contributed by atoms with Crippen LogP contribution in [0.2, 0.25) is 0 Å². The van der Waals surface area contributed by atoms with E-state index in [1.54, 1.807) is 0 Å². The SMILES string of the molecule is CCC(C)NC1(C(N)=O)CCCC1(C)C. The van der Waals surface area contributed by atoms with Gasteiger partial charge in [0.15, 0.2) is 0 Å². The first-order chi connectivity index (χ1) is 6.85. The third kappa shape index (κ3) is 2.03. The lowest BCUT2D eigenvalue weighted by atomic mass is 9.74. The Morgan fingerprint density at radius 2 is 2.07 bits per heavy atom. The summed E-state index contributed by atoms with van der Waals surface area (Å²) in [5.41, 5.74) is 5.09. The molecule has 0 aliphatic heterocycles. The van der Waals surface area contributed by atoms with Crippen molar-refractivity contribution < 1.29 is 4.79 Å². The number of rotatable bonds is 4. The lowest BCUT2D eigenvalue weighted by molar-refractivity contribution is -0.128. The molecular formula is C12H24N2O. The zero-order valence-corrected chi connectivity index (χ0v) is 10.4. The van der Waals surface area contributed by atoms with Crippen molar-refractivity contribution in [3.8, 4) is 0 Å². The van der Waals surface area contributed by atoms with Crippen LogP contribution in [0, 0.1) is 5.41 Å². The molecule has 15 heavy (non-hydrogen) atoms. The van der Waals surface area contributed by atoms with Crippen LogP contribution < -0.4 is 11.1 Å². The van der Waals surface area contributed by atoms with Crippen LogP contribution in [-0.2, 0) is 4.79 Å². The Kier molecular flexibility index (Phi) is 3.44. The summed E-state index contributed by atoms with van der Waals surface area (Å²) in [6.45, 7) is 8.51. The van der Waals surface area contributed by atoms with Crippen molar-refractivity contribution in [1.82, 2.24) is 5.32 Å². The Balaban J connectivity index is 2.94. The summed E-state index contributed by atoms with van der Waals surface area (Å²) >= 11 is 0. The number of hydrogen-bond acceptors (Lipinski definition) is 2.